The maximum absolute atomic E-state index is 12.2. The molecule has 0 saturated heterocycles. The van der Waals surface area contributed by atoms with Crippen LogP contribution >= 0.6 is 0 Å². The summed E-state index contributed by atoms with van der Waals surface area (Å²) in [5, 5.41) is 0. The maximum Gasteiger partial charge on any atom is 0.183 e. The van der Waals surface area contributed by atoms with E-state index in [-0.39, 0.29) is 11.7 Å². The Kier molecular flexibility index (Phi) is 3.19. The van der Waals surface area contributed by atoms with Gasteiger partial charge in [0.05, 0.1) is 12.5 Å². The summed E-state index contributed by atoms with van der Waals surface area (Å²) in [5.74, 6) is 0.528. The predicted octanol–water partition coefficient (Wildman–Crippen LogP) is 2.57. The van der Waals surface area contributed by atoms with Crippen molar-refractivity contribution in [3.8, 4) is 0 Å². The molecular weight excluding hydrogens is 188 g/mol. The summed E-state index contributed by atoms with van der Waals surface area (Å²) in [4.78, 5) is 16.2. The van der Waals surface area contributed by atoms with Crippen molar-refractivity contribution in [2.24, 2.45) is 13.0 Å². The monoisotopic (exact) mass is 206 g/mol. The van der Waals surface area contributed by atoms with Gasteiger partial charge in [-0.05, 0) is 12.8 Å². The SMILES string of the molecule is Cn1cncc1C(=O)C1CCCCCC1. The molecule has 1 saturated carbocycles. The number of hydrogen-bond acceptors (Lipinski definition) is 2. The Morgan fingerprint density at radius 2 is 2.00 bits per heavy atom. The minimum atomic E-state index is 0.239. The molecule has 0 radical (unpaired) electrons. The molecule has 1 aliphatic rings. The molecule has 15 heavy (non-hydrogen) atoms. The van der Waals surface area contributed by atoms with Crippen molar-refractivity contribution < 1.29 is 4.79 Å². The van der Waals surface area contributed by atoms with Gasteiger partial charge >= 0.3 is 0 Å². The van der Waals surface area contributed by atoms with E-state index >= 15 is 0 Å². The number of hydrogen-bond donors (Lipinski definition) is 0. The van der Waals surface area contributed by atoms with E-state index in [2.05, 4.69) is 4.98 Å². The van der Waals surface area contributed by atoms with Crippen LogP contribution in [0.1, 0.15) is 49.0 Å². The molecule has 1 heterocycles. The van der Waals surface area contributed by atoms with Gasteiger partial charge in [0, 0.05) is 13.0 Å². The van der Waals surface area contributed by atoms with E-state index in [0.717, 1.165) is 18.5 Å². The zero-order chi connectivity index (χ0) is 10.7. The first-order valence-electron chi connectivity index (χ1n) is 5.79. The fourth-order valence-electron chi connectivity index (χ4n) is 2.35. The lowest BCUT2D eigenvalue weighted by Crippen LogP contribution is -2.16. The molecule has 1 fully saturated rings. The Morgan fingerprint density at radius 1 is 1.33 bits per heavy atom. The second-order valence-electron chi connectivity index (χ2n) is 4.44. The van der Waals surface area contributed by atoms with Gasteiger partial charge in [0.2, 0.25) is 0 Å². The Bertz CT molecular complexity index is 335. The van der Waals surface area contributed by atoms with E-state index in [0.29, 0.717) is 0 Å². The topological polar surface area (TPSA) is 34.9 Å². The molecule has 0 aliphatic heterocycles. The largest absolute Gasteiger partial charge is 0.331 e. The van der Waals surface area contributed by atoms with Crippen LogP contribution in [0.2, 0.25) is 0 Å². The zero-order valence-electron chi connectivity index (χ0n) is 9.28. The van der Waals surface area contributed by atoms with Gasteiger partial charge in [-0.15, -0.1) is 0 Å². The third-order valence-corrected chi connectivity index (χ3v) is 3.30. The highest BCUT2D eigenvalue weighted by Gasteiger charge is 2.23. The van der Waals surface area contributed by atoms with Crippen LogP contribution in [0.25, 0.3) is 0 Å². The highest BCUT2D eigenvalue weighted by molar-refractivity contribution is 5.96. The Morgan fingerprint density at radius 3 is 2.53 bits per heavy atom. The average molecular weight is 206 g/mol. The third kappa shape index (κ3) is 2.28. The van der Waals surface area contributed by atoms with Crippen molar-refractivity contribution >= 4 is 5.78 Å². The Hall–Kier alpha value is -1.12. The molecule has 2 rings (SSSR count). The lowest BCUT2D eigenvalue weighted by Gasteiger charge is -2.12. The average Bonchev–Trinajstić information content (AvgIpc) is 2.53. The van der Waals surface area contributed by atoms with E-state index in [1.807, 2.05) is 11.6 Å². The van der Waals surface area contributed by atoms with Gasteiger partial charge in [-0.3, -0.25) is 4.79 Å². The van der Waals surface area contributed by atoms with Crippen LogP contribution < -0.4 is 0 Å². The Labute approximate surface area is 90.5 Å². The van der Waals surface area contributed by atoms with Crippen LogP contribution in [0.5, 0.6) is 0 Å². The van der Waals surface area contributed by atoms with Crippen molar-refractivity contribution in [1.82, 2.24) is 9.55 Å². The highest BCUT2D eigenvalue weighted by atomic mass is 16.1. The number of aryl methyl sites for hydroxylation is 1. The fourth-order valence-corrected chi connectivity index (χ4v) is 2.35. The first-order chi connectivity index (χ1) is 7.29. The normalized spacial score (nSPS) is 18.7. The molecule has 0 bridgehead atoms. The van der Waals surface area contributed by atoms with Crippen molar-refractivity contribution in [2.75, 3.05) is 0 Å². The molecule has 0 atom stereocenters. The molecule has 3 nitrogen and oxygen atoms in total. The second kappa shape index (κ2) is 4.60. The van der Waals surface area contributed by atoms with Crippen molar-refractivity contribution in [1.29, 1.82) is 0 Å². The molecule has 1 aliphatic carbocycles. The Balaban J connectivity index is 2.09. The summed E-state index contributed by atoms with van der Waals surface area (Å²) in [6, 6.07) is 0. The minimum absolute atomic E-state index is 0.239. The molecular formula is C12H18N2O. The molecule has 1 aromatic heterocycles. The van der Waals surface area contributed by atoms with Gasteiger partial charge < -0.3 is 4.57 Å². The standard InChI is InChI=1S/C12H18N2O/c1-14-9-13-8-11(14)12(15)10-6-4-2-3-5-7-10/h8-10H,2-7H2,1H3. The third-order valence-electron chi connectivity index (χ3n) is 3.30. The van der Waals surface area contributed by atoms with E-state index < -0.39 is 0 Å². The molecule has 0 amide bonds. The summed E-state index contributed by atoms with van der Waals surface area (Å²) in [7, 11) is 1.89. The lowest BCUT2D eigenvalue weighted by atomic mass is 9.94. The summed E-state index contributed by atoms with van der Waals surface area (Å²) < 4.78 is 1.83. The van der Waals surface area contributed by atoms with E-state index in [4.69, 9.17) is 0 Å². The summed E-state index contributed by atoms with van der Waals surface area (Å²) >= 11 is 0. The number of aromatic nitrogens is 2. The van der Waals surface area contributed by atoms with Crippen LogP contribution in [0, 0.1) is 5.92 Å². The number of imidazole rings is 1. The number of carbonyl (C=O) groups excluding carboxylic acids is 1. The van der Waals surface area contributed by atoms with Crippen LogP contribution in [0.15, 0.2) is 12.5 Å². The fraction of sp³-hybridized carbons (Fsp3) is 0.667. The minimum Gasteiger partial charge on any atom is -0.331 e. The molecule has 0 aromatic carbocycles. The number of nitrogens with zero attached hydrogens (tertiary/aromatic N) is 2. The number of ketones is 1. The molecule has 1 aromatic rings. The van der Waals surface area contributed by atoms with Crippen molar-refractivity contribution in [2.45, 2.75) is 38.5 Å². The van der Waals surface area contributed by atoms with E-state index in [1.165, 1.54) is 25.7 Å². The summed E-state index contributed by atoms with van der Waals surface area (Å²) in [5.41, 5.74) is 0.766. The summed E-state index contributed by atoms with van der Waals surface area (Å²) in [6.45, 7) is 0. The van der Waals surface area contributed by atoms with E-state index in [9.17, 15) is 4.79 Å². The molecule has 0 unspecified atom stereocenters. The van der Waals surface area contributed by atoms with Gasteiger partial charge in [-0.2, -0.15) is 0 Å². The van der Waals surface area contributed by atoms with Gasteiger partial charge in [0.1, 0.15) is 5.69 Å². The first-order valence-corrected chi connectivity index (χ1v) is 5.79. The van der Waals surface area contributed by atoms with E-state index in [1.54, 1.807) is 12.5 Å². The predicted molar refractivity (Wildman–Crippen MR) is 58.7 cm³/mol. The smallest absolute Gasteiger partial charge is 0.183 e. The van der Waals surface area contributed by atoms with Gasteiger partial charge in [-0.1, -0.05) is 25.7 Å². The highest BCUT2D eigenvalue weighted by Crippen LogP contribution is 2.25. The van der Waals surface area contributed by atoms with Crippen molar-refractivity contribution in [3.05, 3.63) is 18.2 Å². The quantitative estimate of drug-likeness (QED) is 0.550. The summed E-state index contributed by atoms with van der Waals surface area (Å²) in [6.07, 6.45) is 10.5. The second-order valence-corrected chi connectivity index (χ2v) is 4.44. The van der Waals surface area contributed by atoms with Crippen LogP contribution in [-0.2, 0) is 7.05 Å². The maximum atomic E-state index is 12.2. The molecule has 3 heteroatoms. The van der Waals surface area contributed by atoms with Crippen molar-refractivity contribution in [3.63, 3.8) is 0 Å². The molecule has 82 valence electrons. The van der Waals surface area contributed by atoms with Crippen LogP contribution in [0.3, 0.4) is 0 Å². The zero-order valence-corrected chi connectivity index (χ0v) is 9.28. The number of Topliss-reactive ketones (excluding diaryl/α,β-unsaturated/α-hetero) is 1. The van der Waals surface area contributed by atoms with Gasteiger partial charge in [-0.25, -0.2) is 4.98 Å². The lowest BCUT2D eigenvalue weighted by molar-refractivity contribution is 0.0899. The number of carbonyl (C=O) groups is 1. The van der Waals surface area contributed by atoms with Gasteiger partial charge in [0.15, 0.2) is 5.78 Å². The van der Waals surface area contributed by atoms with Crippen LogP contribution in [-0.4, -0.2) is 15.3 Å². The number of rotatable bonds is 2. The molecule has 0 spiro atoms. The van der Waals surface area contributed by atoms with Crippen LogP contribution in [0.4, 0.5) is 0 Å². The first kappa shape index (κ1) is 10.4. The molecule has 0 N–H and O–H groups in total. The van der Waals surface area contributed by atoms with Gasteiger partial charge in [0.25, 0.3) is 0 Å².